The summed E-state index contributed by atoms with van der Waals surface area (Å²) in [7, 11) is 0. The van der Waals surface area contributed by atoms with Gasteiger partial charge in [0.25, 0.3) is 0 Å². The van der Waals surface area contributed by atoms with Crippen molar-refractivity contribution in [2.75, 3.05) is 0 Å². The smallest absolute Gasteiger partial charge is 0.326 e. The summed E-state index contributed by atoms with van der Waals surface area (Å²) in [4.78, 5) is 32.8. The Hall–Kier alpha value is -1.63. The molecular weight excluding hydrogens is 214 g/mol. The molecular formula is C9H15N3O4. The highest BCUT2D eigenvalue weighted by atomic mass is 16.4. The first kappa shape index (κ1) is 12.4. The Balaban J connectivity index is 2.47. The van der Waals surface area contributed by atoms with E-state index in [9.17, 15) is 14.4 Å². The van der Waals surface area contributed by atoms with Gasteiger partial charge in [0, 0.05) is 6.42 Å². The maximum Gasteiger partial charge on any atom is 0.326 e. The minimum atomic E-state index is -1.20. The number of amides is 2. The van der Waals surface area contributed by atoms with E-state index in [1.54, 1.807) is 0 Å². The minimum absolute atomic E-state index is 0.0213. The van der Waals surface area contributed by atoms with Crippen molar-refractivity contribution in [1.29, 1.82) is 0 Å². The molecule has 16 heavy (non-hydrogen) atoms. The molecule has 0 saturated heterocycles. The van der Waals surface area contributed by atoms with E-state index in [1.165, 1.54) is 0 Å². The van der Waals surface area contributed by atoms with E-state index >= 15 is 0 Å². The second-order valence-corrected chi connectivity index (χ2v) is 4.03. The zero-order valence-corrected chi connectivity index (χ0v) is 8.73. The molecule has 6 N–H and O–H groups in total. The van der Waals surface area contributed by atoms with Crippen LogP contribution in [0.4, 0.5) is 0 Å². The second kappa shape index (κ2) is 4.48. The Morgan fingerprint density at radius 3 is 2.31 bits per heavy atom. The number of carboxylic acids is 1. The molecule has 1 saturated carbocycles. The molecule has 7 nitrogen and oxygen atoms in total. The van der Waals surface area contributed by atoms with Crippen molar-refractivity contribution in [3.05, 3.63) is 0 Å². The summed E-state index contributed by atoms with van der Waals surface area (Å²) in [5.41, 5.74) is 9.58. The SMILES string of the molecule is NC(=O)CC[C@@H](NC(=O)C1(N)CC1)C(=O)O. The molecule has 0 radical (unpaired) electrons. The third-order valence-electron chi connectivity index (χ3n) is 2.52. The topological polar surface area (TPSA) is 136 Å². The Morgan fingerprint density at radius 1 is 1.38 bits per heavy atom. The highest BCUT2D eigenvalue weighted by molar-refractivity contribution is 5.92. The highest BCUT2D eigenvalue weighted by Gasteiger charge is 2.46. The first-order chi connectivity index (χ1) is 7.35. The van der Waals surface area contributed by atoms with Crippen molar-refractivity contribution in [2.45, 2.75) is 37.3 Å². The average molecular weight is 229 g/mol. The Labute approximate surface area is 92.2 Å². The van der Waals surface area contributed by atoms with Crippen molar-refractivity contribution >= 4 is 17.8 Å². The van der Waals surface area contributed by atoms with Crippen molar-refractivity contribution in [3.63, 3.8) is 0 Å². The standard InChI is InChI=1S/C9H15N3O4/c10-6(13)2-1-5(7(14)15)12-8(16)9(11)3-4-9/h5H,1-4,11H2,(H2,10,13)(H,12,16)(H,14,15)/t5-/m1/s1. The lowest BCUT2D eigenvalue weighted by atomic mass is 10.1. The van der Waals surface area contributed by atoms with Crippen LogP contribution in [0.2, 0.25) is 0 Å². The van der Waals surface area contributed by atoms with E-state index in [0.717, 1.165) is 0 Å². The fraction of sp³-hybridized carbons (Fsp3) is 0.667. The number of hydrogen-bond donors (Lipinski definition) is 4. The molecule has 0 aromatic rings. The molecule has 0 heterocycles. The van der Waals surface area contributed by atoms with Gasteiger partial charge < -0.3 is 21.9 Å². The normalized spacial score (nSPS) is 18.6. The second-order valence-electron chi connectivity index (χ2n) is 4.03. The lowest BCUT2D eigenvalue weighted by Gasteiger charge is -2.16. The number of primary amides is 1. The molecule has 1 atom stereocenters. The van der Waals surface area contributed by atoms with Crippen molar-refractivity contribution in [3.8, 4) is 0 Å². The Morgan fingerprint density at radius 2 is 1.94 bits per heavy atom. The number of carbonyl (C=O) groups excluding carboxylic acids is 2. The van der Waals surface area contributed by atoms with Gasteiger partial charge in [-0.05, 0) is 19.3 Å². The lowest BCUT2D eigenvalue weighted by Crippen LogP contribution is -2.50. The van der Waals surface area contributed by atoms with Crippen LogP contribution >= 0.6 is 0 Å². The van der Waals surface area contributed by atoms with Crippen LogP contribution in [0, 0.1) is 0 Å². The number of carbonyl (C=O) groups is 3. The van der Waals surface area contributed by atoms with Gasteiger partial charge >= 0.3 is 5.97 Å². The minimum Gasteiger partial charge on any atom is -0.480 e. The van der Waals surface area contributed by atoms with Crippen LogP contribution < -0.4 is 16.8 Å². The summed E-state index contributed by atoms with van der Waals surface area (Å²) >= 11 is 0. The molecule has 1 fully saturated rings. The van der Waals surface area contributed by atoms with Gasteiger partial charge in [-0.1, -0.05) is 0 Å². The van der Waals surface area contributed by atoms with Gasteiger partial charge in [-0.2, -0.15) is 0 Å². The number of carboxylic acid groups (broad SMARTS) is 1. The third-order valence-corrected chi connectivity index (χ3v) is 2.52. The third kappa shape index (κ3) is 3.20. The zero-order valence-electron chi connectivity index (χ0n) is 8.73. The van der Waals surface area contributed by atoms with Crippen LogP contribution in [0.25, 0.3) is 0 Å². The van der Waals surface area contributed by atoms with Crippen molar-refractivity contribution in [2.24, 2.45) is 11.5 Å². The Kier molecular flexibility index (Phi) is 3.48. The quantitative estimate of drug-likeness (QED) is 0.431. The van der Waals surface area contributed by atoms with Gasteiger partial charge in [0.05, 0.1) is 5.54 Å². The molecule has 7 heteroatoms. The molecule has 1 aliphatic carbocycles. The van der Waals surface area contributed by atoms with Gasteiger partial charge in [0.2, 0.25) is 11.8 Å². The monoisotopic (exact) mass is 229 g/mol. The maximum absolute atomic E-state index is 11.5. The van der Waals surface area contributed by atoms with Crippen LogP contribution in [0.5, 0.6) is 0 Å². The number of hydrogen-bond acceptors (Lipinski definition) is 4. The number of aliphatic carboxylic acids is 1. The largest absolute Gasteiger partial charge is 0.480 e. The van der Waals surface area contributed by atoms with E-state index in [2.05, 4.69) is 5.32 Å². The van der Waals surface area contributed by atoms with Crippen LogP contribution in [0.1, 0.15) is 25.7 Å². The predicted octanol–water partition coefficient (Wildman–Crippen LogP) is -1.69. The van der Waals surface area contributed by atoms with E-state index < -0.39 is 29.4 Å². The summed E-state index contributed by atoms with van der Waals surface area (Å²) in [5, 5.41) is 11.1. The summed E-state index contributed by atoms with van der Waals surface area (Å²) < 4.78 is 0. The first-order valence-electron chi connectivity index (χ1n) is 4.96. The fourth-order valence-corrected chi connectivity index (χ4v) is 1.21. The molecule has 0 bridgehead atoms. The number of nitrogens with one attached hydrogen (secondary N) is 1. The van der Waals surface area contributed by atoms with Gasteiger partial charge in [0.15, 0.2) is 0 Å². The molecule has 0 spiro atoms. The molecule has 2 amide bonds. The van der Waals surface area contributed by atoms with Gasteiger partial charge in [-0.3, -0.25) is 9.59 Å². The van der Waals surface area contributed by atoms with Gasteiger partial charge in [-0.25, -0.2) is 4.79 Å². The van der Waals surface area contributed by atoms with Crippen molar-refractivity contribution in [1.82, 2.24) is 5.32 Å². The summed E-state index contributed by atoms with van der Waals surface area (Å²) in [5.74, 6) is -2.28. The molecule has 0 aromatic heterocycles. The predicted molar refractivity (Wildman–Crippen MR) is 54.1 cm³/mol. The average Bonchev–Trinajstić information content (AvgIpc) is 2.91. The van der Waals surface area contributed by atoms with Crippen LogP contribution in [-0.2, 0) is 14.4 Å². The summed E-state index contributed by atoms with van der Waals surface area (Å²) in [6, 6.07) is -1.11. The number of rotatable bonds is 6. The molecule has 0 aliphatic heterocycles. The number of nitrogens with two attached hydrogens (primary N) is 2. The maximum atomic E-state index is 11.5. The van der Waals surface area contributed by atoms with Crippen LogP contribution in [0.3, 0.4) is 0 Å². The van der Waals surface area contributed by atoms with E-state index in [4.69, 9.17) is 16.6 Å². The fourth-order valence-electron chi connectivity index (χ4n) is 1.21. The summed E-state index contributed by atoms with van der Waals surface area (Å²) in [6.45, 7) is 0. The molecule has 0 aromatic carbocycles. The molecule has 0 unspecified atom stereocenters. The first-order valence-corrected chi connectivity index (χ1v) is 4.96. The van der Waals surface area contributed by atoms with Crippen LogP contribution in [0.15, 0.2) is 0 Å². The van der Waals surface area contributed by atoms with Gasteiger partial charge in [-0.15, -0.1) is 0 Å². The van der Waals surface area contributed by atoms with E-state index in [0.29, 0.717) is 12.8 Å². The zero-order chi connectivity index (χ0) is 12.3. The highest BCUT2D eigenvalue weighted by Crippen LogP contribution is 2.32. The Bertz CT molecular complexity index is 325. The molecule has 1 rings (SSSR count). The molecule has 1 aliphatic rings. The van der Waals surface area contributed by atoms with E-state index in [1.807, 2.05) is 0 Å². The van der Waals surface area contributed by atoms with Crippen molar-refractivity contribution < 1.29 is 19.5 Å². The lowest BCUT2D eigenvalue weighted by molar-refractivity contribution is -0.142. The van der Waals surface area contributed by atoms with Gasteiger partial charge in [0.1, 0.15) is 6.04 Å². The molecule has 90 valence electrons. The van der Waals surface area contributed by atoms with Crippen LogP contribution in [-0.4, -0.2) is 34.5 Å². The summed E-state index contributed by atoms with van der Waals surface area (Å²) in [6.07, 6.45) is 1.00. The van der Waals surface area contributed by atoms with E-state index in [-0.39, 0.29) is 12.8 Å².